The number of amides is 1. The van der Waals surface area contributed by atoms with E-state index in [0.717, 1.165) is 59.3 Å². The lowest BCUT2D eigenvalue weighted by Crippen LogP contribution is -2.29. The van der Waals surface area contributed by atoms with Crippen molar-refractivity contribution in [3.05, 3.63) is 83.7 Å². The molecule has 0 saturated carbocycles. The second-order valence-electron chi connectivity index (χ2n) is 8.52. The van der Waals surface area contributed by atoms with E-state index >= 15 is 0 Å². The van der Waals surface area contributed by atoms with Crippen LogP contribution in [-0.4, -0.2) is 37.2 Å². The van der Waals surface area contributed by atoms with Crippen LogP contribution in [0.25, 0.3) is 22.2 Å². The molecule has 4 rings (SSSR count). The minimum atomic E-state index is -3.66. The number of hydrogen-bond donors (Lipinski definition) is 1. The fourth-order valence-electron chi connectivity index (χ4n) is 4.11. The Bertz CT molecular complexity index is 1460. The zero-order valence-corrected chi connectivity index (χ0v) is 20.9. The fourth-order valence-corrected chi connectivity index (χ4v) is 4.56. The molecular weight excluding hydrogens is 462 g/mol. The van der Waals surface area contributed by atoms with Crippen molar-refractivity contribution < 1.29 is 17.9 Å². The average Bonchev–Trinajstić information content (AvgIpc) is 3.18. The van der Waals surface area contributed by atoms with E-state index in [2.05, 4.69) is 11.5 Å². The van der Waals surface area contributed by atoms with Gasteiger partial charge in [-0.3, -0.25) is 4.79 Å². The predicted octanol–water partition coefficient (Wildman–Crippen LogP) is 4.79. The molecule has 7 nitrogen and oxygen atoms in total. The molecule has 0 atom stereocenters. The second-order valence-corrected chi connectivity index (χ2v) is 10.3. The summed E-state index contributed by atoms with van der Waals surface area (Å²) in [4.78, 5) is 17.4. The van der Waals surface area contributed by atoms with Gasteiger partial charge in [0, 0.05) is 24.6 Å². The smallest absolute Gasteiger partial charge is 0.265 e. The van der Waals surface area contributed by atoms with Crippen molar-refractivity contribution in [2.75, 3.05) is 13.4 Å². The van der Waals surface area contributed by atoms with E-state index in [9.17, 15) is 13.2 Å². The Labute approximate surface area is 205 Å². The molecule has 0 bridgehead atoms. The van der Waals surface area contributed by atoms with Crippen LogP contribution in [0, 0.1) is 0 Å². The van der Waals surface area contributed by atoms with Gasteiger partial charge in [0.25, 0.3) is 5.91 Å². The van der Waals surface area contributed by atoms with Crippen molar-refractivity contribution >= 4 is 27.0 Å². The van der Waals surface area contributed by atoms with E-state index in [1.807, 2.05) is 59.3 Å². The molecule has 0 spiro atoms. The quantitative estimate of drug-likeness (QED) is 0.363. The summed E-state index contributed by atoms with van der Waals surface area (Å²) in [6.07, 6.45) is 4.01. The molecule has 0 aliphatic carbocycles. The van der Waals surface area contributed by atoms with Crippen LogP contribution in [0.1, 0.15) is 41.5 Å². The number of nitrogens with zero attached hydrogens (tertiary/aromatic N) is 2. The molecule has 1 amide bonds. The maximum atomic E-state index is 12.5. The predicted molar refractivity (Wildman–Crippen MR) is 138 cm³/mol. The third-order valence-corrected chi connectivity index (χ3v) is 6.40. The summed E-state index contributed by atoms with van der Waals surface area (Å²) in [6, 6.07) is 20.9. The first-order chi connectivity index (χ1) is 16.8. The number of hydrogen-bond acceptors (Lipinski definition) is 5. The standard InChI is InChI=1S/C27H29N3O4S/c1-4-5-10-26-28-24-16-15-21(34-2)17-25(24)30(26)18-19-11-13-20(14-12-19)22-8-6-7-9-23(22)27(31)29-35(3,32)33/h6-9,11-17H,4-5,10,18H2,1-3H3,(H,29,31). The zero-order chi connectivity index (χ0) is 25.0. The van der Waals surface area contributed by atoms with Crippen molar-refractivity contribution in [3.63, 3.8) is 0 Å². The van der Waals surface area contributed by atoms with Crippen LogP contribution in [0.15, 0.2) is 66.7 Å². The summed E-state index contributed by atoms with van der Waals surface area (Å²) in [5, 5.41) is 0. The number of sulfonamides is 1. The van der Waals surface area contributed by atoms with Crippen LogP contribution < -0.4 is 9.46 Å². The Balaban J connectivity index is 1.66. The lowest BCUT2D eigenvalue weighted by Gasteiger charge is -2.12. The first-order valence-electron chi connectivity index (χ1n) is 11.5. The molecule has 0 fully saturated rings. The normalized spacial score (nSPS) is 11.5. The number of fused-ring (bicyclic) bond motifs is 1. The Morgan fingerprint density at radius 1 is 1.06 bits per heavy atom. The van der Waals surface area contributed by atoms with Gasteiger partial charge in [0.2, 0.25) is 10.0 Å². The SMILES string of the molecule is CCCCc1nc2ccc(OC)cc2n1Cc1ccc(-c2ccccc2C(=O)NS(C)(=O)=O)cc1. The molecule has 1 aromatic heterocycles. The van der Waals surface area contributed by atoms with Gasteiger partial charge in [-0.25, -0.2) is 18.1 Å². The number of aromatic nitrogens is 2. The van der Waals surface area contributed by atoms with E-state index in [1.54, 1.807) is 19.2 Å². The monoisotopic (exact) mass is 491 g/mol. The topological polar surface area (TPSA) is 90.3 Å². The number of aryl methyl sites for hydroxylation is 1. The number of rotatable bonds is 9. The van der Waals surface area contributed by atoms with Gasteiger partial charge in [-0.15, -0.1) is 0 Å². The van der Waals surface area contributed by atoms with Gasteiger partial charge in [0.1, 0.15) is 11.6 Å². The fraction of sp³-hybridized carbons (Fsp3) is 0.259. The van der Waals surface area contributed by atoms with Crippen LogP contribution in [0.4, 0.5) is 0 Å². The lowest BCUT2D eigenvalue weighted by molar-refractivity contribution is 0.0982. The van der Waals surface area contributed by atoms with Crippen molar-refractivity contribution in [2.24, 2.45) is 0 Å². The lowest BCUT2D eigenvalue weighted by atomic mass is 9.98. The number of carbonyl (C=O) groups is 1. The molecule has 0 aliphatic heterocycles. The minimum Gasteiger partial charge on any atom is -0.497 e. The van der Waals surface area contributed by atoms with E-state index in [-0.39, 0.29) is 0 Å². The third kappa shape index (κ3) is 5.71. The largest absolute Gasteiger partial charge is 0.497 e. The highest BCUT2D eigenvalue weighted by molar-refractivity contribution is 7.89. The number of methoxy groups -OCH3 is 1. The van der Waals surface area contributed by atoms with Gasteiger partial charge in [0.15, 0.2) is 0 Å². The first-order valence-corrected chi connectivity index (χ1v) is 13.4. The molecule has 0 aliphatic rings. The van der Waals surface area contributed by atoms with Crippen LogP contribution in [-0.2, 0) is 23.0 Å². The zero-order valence-electron chi connectivity index (χ0n) is 20.1. The molecule has 0 radical (unpaired) electrons. The molecule has 1 N–H and O–H groups in total. The Kier molecular flexibility index (Phi) is 7.21. The summed E-state index contributed by atoms with van der Waals surface area (Å²) in [5.74, 6) is 1.19. The van der Waals surface area contributed by atoms with Gasteiger partial charge in [-0.2, -0.15) is 0 Å². The summed E-state index contributed by atoms with van der Waals surface area (Å²) >= 11 is 0. The van der Waals surface area contributed by atoms with Crippen molar-refractivity contribution in [2.45, 2.75) is 32.7 Å². The Hall–Kier alpha value is -3.65. The van der Waals surface area contributed by atoms with Crippen molar-refractivity contribution in [1.82, 2.24) is 14.3 Å². The first kappa shape index (κ1) is 24.5. The van der Waals surface area contributed by atoms with Crippen LogP contribution in [0.3, 0.4) is 0 Å². The second kappa shape index (κ2) is 10.3. The summed E-state index contributed by atoms with van der Waals surface area (Å²) in [7, 11) is -2.00. The minimum absolute atomic E-state index is 0.306. The van der Waals surface area contributed by atoms with Gasteiger partial charge in [0.05, 0.1) is 24.4 Å². The highest BCUT2D eigenvalue weighted by Crippen LogP contribution is 2.27. The maximum Gasteiger partial charge on any atom is 0.265 e. The highest BCUT2D eigenvalue weighted by Gasteiger charge is 2.16. The highest BCUT2D eigenvalue weighted by atomic mass is 32.2. The van der Waals surface area contributed by atoms with E-state index in [0.29, 0.717) is 17.7 Å². The van der Waals surface area contributed by atoms with Gasteiger partial charge >= 0.3 is 0 Å². The molecule has 182 valence electrons. The molecule has 4 aromatic rings. The van der Waals surface area contributed by atoms with Crippen LogP contribution in [0.2, 0.25) is 0 Å². The van der Waals surface area contributed by atoms with E-state index in [4.69, 9.17) is 9.72 Å². The number of unbranched alkanes of at least 4 members (excludes halogenated alkanes) is 1. The maximum absolute atomic E-state index is 12.5. The molecular formula is C27H29N3O4S. The molecule has 0 saturated heterocycles. The third-order valence-electron chi connectivity index (χ3n) is 5.84. The van der Waals surface area contributed by atoms with Crippen LogP contribution >= 0.6 is 0 Å². The Morgan fingerprint density at radius 3 is 2.49 bits per heavy atom. The van der Waals surface area contributed by atoms with Crippen molar-refractivity contribution in [3.8, 4) is 16.9 Å². The molecule has 8 heteroatoms. The molecule has 0 unspecified atom stereocenters. The molecule has 35 heavy (non-hydrogen) atoms. The van der Waals surface area contributed by atoms with Crippen LogP contribution in [0.5, 0.6) is 5.75 Å². The van der Waals surface area contributed by atoms with Gasteiger partial charge < -0.3 is 9.30 Å². The van der Waals surface area contributed by atoms with Crippen molar-refractivity contribution in [1.29, 1.82) is 0 Å². The summed E-state index contributed by atoms with van der Waals surface area (Å²) in [5.41, 5.74) is 4.87. The average molecular weight is 492 g/mol. The number of benzene rings is 3. The van der Waals surface area contributed by atoms with Gasteiger partial charge in [-0.05, 0) is 41.3 Å². The van der Waals surface area contributed by atoms with Gasteiger partial charge in [-0.1, -0.05) is 55.8 Å². The summed E-state index contributed by atoms with van der Waals surface area (Å²) < 4.78 is 32.8. The number of ether oxygens (including phenoxy) is 1. The number of nitrogens with one attached hydrogen (secondary N) is 1. The summed E-state index contributed by atoms with van der Waals surface area (Å²) in [6.45, 7) is 2.82. The van der Waals surface area contributed by atoms with E-state index in [1.165, 1.54) is 0 Å². The Morgan fingerprint density at radius 2 is 1.80 bits per heavy atom. The van der Waals surface area contributed by atoms with E-state index < -0.39 is 15.9 Å². The molecule has 1 heterocycles. The number of imidazole rings is 1. The number of carbonyl (C=O) groups excluding carboxylic acids is 1. The molecule has 3 aromatic carbocycles.